The molecule has 0 spiro atoms. The van der Waals surface area contributed by atoms with Gasteiger partial charge >= 0.3 is 0 Å². The first-order valence-electron chi connectivity index (χ1n) is 9.11. The number of carbonyl (C=O) groups excluding carboxylic acids is 1. The molecule has 4 rings (SSSR count). The molecule has 1 aliphatic carbocycles. The molecule has 2 aliphatic rings. The van der Waals surface area contributed by atoms with E-state index in [4.69, 9.17) is 0 Å². The summed E-state index contributed by atoms with van der Waals surface area (Å²) in [6.07, 6.45) is 4.27. The van der Waals surface area contributed by atoms with E-state index in [0.717, 1.165) is 30.9 Å². The van der Waals surface area contributed by atoms with E-state index in [1.54, 1.807) is 16.2 Å². The molecule has 8 heteroatoms. The van der Waals surface area contributed by atoms with Crippen molar-refractivity contribution >= 4 is 27.3 Å². The number of benzene rings is 1. The Morgan fingerprint density at radius 3 is 2.48 bits per heavy atom. The zero-order valence-electron chi connectivity index (χ0n) is 14.9. The Balaban J connectivity index is 1.47. The third-order valence-corrected chi connectivity index (χ3v) is 8.29. The lowest BCUT2D eigenvalue weighted by Crippen LogP contribution is -2.50. The first kappa shape index (κ1) is 18.6. The lowest BCUT2D eigenvalue weighted by molar-refractivity contribution is 0.0697. The predicted octanol–water partition coefficient (Wildman–Crippen LogP) is 2.91. The third-order valence-electron chi connectivity index (χ3n) is 5.27. The second-order valence-corrected chi connectivity index (χ2v) is 9.76. The van der Waals surface area contributed by atoms with Crippen LogP contribution in [0.4, 0.5) is 4.39 Å². The Kier molecular flexibility index (Phi) is 5.05. The zero-order chi connectivity index (χ0) is 19.0. The van der Waals surface area contributed by atoms with Crippen LogP contribution in [0.1, 0.15) is 33.6 Å². The molecular formula is C19H21FN2O3S2. The van der Waals surface area contributed by atoms with Gasteiger partial charge in [0.25, 0.3) is 5.91 Å². The number of rotatable bonds is 3. The van der Waals surface area contributed by atoms with E-state index in [2.05, 4.69) is 0 Å². The first-order chi connectivity index (χ1) is 13.0. The van der Waals surface area contributed by atoms with Gasteiger partial charge in [-0.25, -0.2) is 12.8 Å². The second kappa shape index (κ2) is 7.33. The number of carbonyl (C=O) groups is 1. The van der Waals surface area contributed by atoms with Crippen LogP contribution in [0.3, 0.4) is 0 Å². The quantitative estimate of drug-likeness (QED) is 0.785. The van der Waals surface area contributed by atoms with Gasteiger partial charge in [0.15, 0.2) is 0 Å². The van der Waals surface area contributed by atoms with Gasteiger partial charge < -0.3 is 4.90 Å². The van der Waals surface area contributed by atoms with Crippen LogP contribution in [0.2, 0.25) is 0 Å². The fourth-order valence-electron chi connectivity index (χ4n) is 3.77. The largest absolute Gasteiger partial charge is 0.336 e. The van der Waals surface area contributed by atoms with Crippen molar-refractivity contribution in [3.05, 3.63) is 51.5 Å². The number of hydrogen-bond acceptors (Lipinski definition) is 4. The normalized spacial score (nSPS) is 18.3. The molecule has 1 amide bonds. The highest BCUT2D eigenvalue weighted by Crippen LogP contribution is 2.31. The Morgan fingerprint density at radius 1 is 1.04 bits per heavy atom. The molecule has 1 fully saturated rings. The lowest BCUT2D eigenvalue weighted by Gasteiger charge is -2.34. The molecule has 0 bridgehead atoms. The molecule has 144 valence electrons. The minimum Gasteiger partial charge on any atom is -0.336 e. The van der Waals surface area contributed by atoms with Gasteiger partial charge in [-0.15, -0.1) is 11.3 Å². The van der Waals surface area contributed by atoms with Crippen molar-refractivity contribution in [2.24, 2.45) is 0 Å². The second-order valence-electron chi connectivity index (χ2n) is 6.88. The topological polar surface area (TPSA) is 57.7 Å². The number of sulfonamides is 1. The van der Waals surface area contributed by atoms with Crippen LogP contribution in [0.15, 0.2) is 34.5 Å². The molecule has 0 unspecified atom stereocenters. The van der Waals surface area contributed by atoms with Crippen molar-refractivity contribution in [3.63, 3.8) is 0 Å². The molecule has 2 heterocycles. The van der Waals surface area contributed by atoms with Crippen LogP contribution >= 0.6 is 11.3 Å². The summed E-state index contributed by atoms with van der Waals surface area (Å²) in [6.45, 7) is 0.984. The number of fused-ring (bicyclic) bond motifs is 1. The molecule has 5 nitrogen and oxygen atoms in total. The maximum Gasteiger partial charge on any atom is 0.255 e. The highest BCUT2D eigenvalue weighted by molar-refractivity contribution is 7.89. The number of piperazine rings is 1. The van der Waals surface area contributed by atoms with Crippen molar-refractivity contribution < 1.29 is 17.6 Å². The number of aryl methyl sites for hydroxylation is 1. The summed E-state index contributed by atoms with van der Waals surface area (Å²) in [7, 11) is -3.89. The predicted molar refractivity (Wildman–Crippen MR) is 102 cm³/mol. The van der Waals surface area contributed by atoms with Crippen molar-refractivity contribution in [2.45, 2.75) is 30.6 Å². The van der Waals surface area contributed by atoms with Crippen LogP contribution in [-0.4, -0.2) is 49.7 Å². The lowest BCUT2D eigenvalue weighted by atomic mass is 9.95. The minimum atomic E-state index is -3.89. The average Bonchev–Trinajstić information content (AvgIpc) is 3.12. The van der Waals surface area contributed by atoms with Crippen LogP contribution < -0.4 is 0 Å². The maximum atomic E-state index is 13.9. The first-order valence-corrected chi connectivity index (χ1v) is 11.4. The van der Waals surface area contributed by atoms with E-state index in [-0.39, 0.29) is 23.9 Å². The molecule has 2 aromatic rings. The Bertz CT molecular complexity index is 963. The zero-order valence-corrected chi connectivity index (χ0v) is 16.5. The summed E-state index contributed by atoms with van der Waals surface area (Å²) < 4.78 is 40.6. The summed E-state index contributed by atoms with van der Waals surface area (Å²) in [6, 6.07) is 5.40. The summed E-state index contributed by atoms with van der Waals surface area (Å²) in [5.74, 6) is -0.766. The molecule has 1 saturated heterocycles. The molecule has 0 saturated carbocycles. The van der Waals surface area contributed by atoms with Gasteiger partial charge in [0.1, 0.15) is 10.7 Å². The molecule has 1 aliphatic heterocycles. The van der Waals surface area contributed by atoms with E-state index in [0.29, 0.717) is 13.1 Å². The van der Waals surface area contributed by atoms with Crippen LogP contribution in [0.25, 0.3) is 0 Å². The molecule has 1 aromatic heterocycles. The monoisotopic (exact) mass is 408 g/mol. The summed E-state index contributed by atoms with van der Waals surface area (Å²) in [4.78, 5) is 15.6. The highest BCUT2D eigenvalue weighted by atomic mass is 32.2. The highest BCUT2D eigenvalue weighted by Gasteiger charge is 2.33. The van der Waals surface area contributed by atoms with Crippen LogP contribution in [-0.2, 0) is 22.9 Å². The van der Waals surface area contributed by atoms with E-state index >= 15 is 0 Å². The van der Waals surface area contributed by atoms with Crippen LogP contribution in [0.5, 0.6) is 0 Å². The molecule has 0 radical (unpaired) electrons. The Morgan fingerprint density at radius 2 is 1.74 bits per heavy atom. The van der Waals surface area contributed by atoms with Gasteiger partial charge in [-0.3, -0.25) is 4.79 Å². The van der Waals surface area contributed by atoms with Gasteiger partial charge in [-0.1, -0.05) is 12.1 Å². The van der Waals surface area contributed by atoms with Crippen molar-refractivity contribution in [2.75, 3.05) is 26.2 Å². The number of nitrogens with zero attached hydrogens (tertiary/aromatic N) is 2. The van der Waals surface area contributed by atoms with E-state index in [1.165, 1.54) is 39.4 Å². The third kappa shape index (κ3) is 3.41. The fraction of sp³-hybridized carbons (Fsp3) is 0.421. The standard InChI is InChI=1S/C19H21FN2O3S2/c20-16-6-2-4-8-18(16)27(24,25)22-11-9-21(10-12-22)19(23)15-13-26-17-7-3-1-5-14(15)17/h2,4,6,8,13H,1,3,5,7,9-12H2. The fourth-order valence-corrected chi connectivity index (χ4v) is 6.37. The molecule has 0 N–H and O–H groups in total. The number of amides is 1. The van der Waals surface area contributed by atoms with Crippen molar-refractivity contribution in [1.29, 1.82) is 0 Å². The van der Waals surface area contributed by atoms with Crippen molar-refractivity contribution in [1.82, 2.24) is 9.21 Å². The summed E-state index contributed by atoms with van der Waals surface area (Å²) in [5.41, 5.74) is 1.96. The van der Waals surface area contributed by atoms with E-state index in [1.807, 2.05) is 5.38 Å². The van der Waals surface area contributed by atoms with Crippen LogP contribution in [0, 0.1) is 5.82 Å². The minimum absolute atomic E-state index is 0.0164. The van der Waals surface area contributed by atoms with Gasteiger partial charge in [0, 0.05) is 36.4 Å². The van der Waals surface area contributed by atoms with Gasteiger partial charge in [0.2, 0.25) is 10.0 Å². The summed E-state index contributed by atoms with van der Waals surface area (Å²) >= 11 is 1.65. The molecule has 1 aromatic carbocycles. The van der Waals surface area contributed by atoms with Crippen molar-refractivity contribution in [3.8, 4) is 0 Å². The summed E-state index contributed by atoms with van der Waals surface area (Å²) in [5, 5.41) is 1.95. The Hall–Kier alpha value is -1.77. The van der Waals surface area contributed by atoms with Gasteiger partial charge in [0.05, 0.1) is 5.56 Å². The van der Waals surface area contributed by atoms with E-state index < -0.39 is 15.8 Å². The van der Waals surface area contributed by atoms with Gasteiger partial charge in [-0.05, 0) is 43.4 Å². The Labute approximate surface area is 162 Å². The van der Waals surface area contributed by atoms with E-state index in [9.17, 15) is 17.6 Å². The SMILES string of the molecule is O=C(c1csc2c1CCCC2)N1CCN(S(=O)(=O)c2ccccc2F)CC1. The number of thiophene rings is 1. The molecular weight excluding hydrogens is 387 g/mol. The smallest absolute Gasteiger partial charge is 0.255 e. The number of hydrogen-bond donors (Lipinski definition) is 0. The van der Waals surface area contributed by atoms with Gasteiger partial charge in [-0.2, -0.15) is 4.31 Å². The maximum absolute atomic E-state index is 13.9. The average molecular weight is 409 g/mol. The molecule has 0 atom stereocenters. The molecule has 27 heavy (non-hydrogen) atoms. The number of halogens is 1.